The summed E-state index contributed by atoms with van der Waals surface area (Å²) in [5, 5.41) is 13.8. The van der Waals surface area contributed by atoms with Gasteiger partial charge in [0.25, 0.3) is 5.91 Å². The molecule has 5 nitrogen and oxygen atoms in total. The highest BCUT2D eigenvalue weighted by Gasteiger charge is 2.21. The van der Waals surface area contributed by atoms with Crippen molar-refractivity contribution in [2.24, 2.45) is 5.10 Å². The van der Waals surface area contributed by atoms with Crippen molar-refractivity contribution < 1.29 is 4.79 Å². The zero-order valence-corrected chi connectivity index (χ0v) is 14.2. The summed E-state index contributed by atoms with van der Waals surface area (Å²) in [6.07, 6.45) is 4.12. The van der Waals surface area contributed by atoms with Crippen LogP contribution >= 0.6 is 0 Å². The van der Waals surface area contributed by atoms with Gasteiger partial charge in [0.05, 0.1) is 5.71 Å². The second kappa shape index (κ2) is 6.51. The molecule has 1 aromatic heterocycles. The van der Waals surface area contributed by atoms with Crippen LogP contribution in [-0.2, 0) is 12.8 Å². The smallest absolute Gasteiger partial charge is 0.281 e. The van der Waals surface area contributed by atoms with Crippen LogP contribution < -0.4 is 5.43 Å². The number of amides is 1. The number of hydrogen-bond acceptors (Lipinski definition) is 3. The van der Waals surface area contributed by atoms with Gasteiger partial charge in [-0.1, -0.05) is 42.5 Å². The van der Waals surface area contributed by atoms with Crippen molar-refractivity contribution in [3.63, 3.8) is 0 Å². The Morgan fingerprint density at radius 1 is 1.12 bits per heavy atom. The van der Waals surface area contributed by atoms with Crippen LogP contribution in [0.4, 0.5) is 0 Å². The van der Waals surface area contributed by atoms with Gasteiger partial charge < -0.3 is 0 Å². The number of aryl methyl sites for hydroxylation is 1. The van der Waals surface area contributed by atoms with Crippen molar-refractivity contribution in [2.45, 2.75) is 32.6 Å². The lowest BCUT2D eigenvalue weighted by Crippen LogP contribution is -2.21. The summed E-state index contributed by atoms with van der Waals surface area (Å²) in [7, 11) is 0. The predicted molar refractivity (Wildman–Crippen MR) is 98.9 cm³/mol. The van der Waals surface area contributed by atoms with Crippen LogP contribution in [0.25, 0.3) is 10.8 Å². The van der Waals surface area contributed by atoms with Gasteiger partial charge in [-0.3, -0.25) is 9.89 Å². The number of benzene rings is 2. The molecule has 25 heavy (non-hydrogen) atoms. The summed E-state index contributed by atoms with van der Waals surface area (Å²) in [4.78, 5) is 12.5. The summed E-state index contributed by atoms with van der Waals surface area (Å²) >= 11 is 0. The Hall–Kier alpha value is -2.95. The Kier molecular flexibility index (Phi) is 4.06. The number of hydrogen-bond donors (Lipinski definition) is 2. The molecule has 3 aromatic rings. The van der Waals surface area contributed by atoms with E-state index in [4.69, 9.17) is 0 Å². The molecule has 0 saturated heterocycles. The van der Waals surface area contributed by atoms with E-state index < -0.39 is 0 Å². The van der Waals surface area contributed by atoms with E-state index >= 15 is 0 Å². The molecule has 1 heterocycles. The van der Waals surface area contributed by atoms with E-state index in [0.717, 1.165) is 59.0 Å². The number of H-pyrrole nitrogens is 1. The molecule has 0 saturated carbocycles. The molecule has 0 aliphatic heterocycles. The SMILES string of the molecule is CC(=NNC(=O)c1n[nH]c2c1CCCC2)c1cccc2ccccc12. The van der Waals surface area contributed by atoms with Gasteiger partial charge in [0.15, 0.2) is 5.69 Å². The van der Waals surface area contributed by atoms with Gasteiger partial charge in [0.1, 0.15) is 0 Å². The number of carbonyl (C=O) groups is 1. The fourth-order valence-corrected chi connectivity index (χ4v) is 3.46. The number of hydrazone groups is 1. The maximum atomic E-state index is 12.5. The molecule has 1 aliphatic carbocycles. The fraction of sp³-hybridized carbons (Fsp3) is 0.250. The second-order valence-corrected chi connectivity index (χ2v) is 6.40. The number of nitrogens with zero attached hydrogens (tertiary/aromatic N) is 2. The maximum Gasteiger partial charge on any atom is 0.292 e. The van der Waals surface area contributed by atoms with Crippen LogP contribution in [0.3, 0.4) is 0 Å². The van der Waals surface area contributed by atoms with E-state index in [-0.39, 0.29) is 5.91 Å². The normalized spacial score (nSPS) is 14.4. The molecule has 1 amide bonds. The van der Waals surface area contributed by atoms with E-state index in [2.05, 4.69) is 38.9 Å². The Balaban J connectivity index is 1.58. The topological polar surface area (TPSA) is 70.1 Å². The fourth-order valence-electron chi connectivity index (χ4n) is 3.46. The lowest BCUT2D eigenvalue weighted by Gasteiger charge is -2.10. The van der Waals surface area contributed by atoms with Gasteiger partial charge in [-0.25, -0.2) is 5.43 Å². The molecule has 0 fully saturated rings. The molecule has 0 atom stereocenters. The summed E-state index contributed by atoms with van der Waals surface area (Å²) in [6, 6.07) is 14.2. The number of aromatic amines is 1. The quantitative estimate of drug-likeness (QED) is 0.568. The maximum absolute atomic E-state index is 12.5. The average Bonchev–Trinajstić information content (AvgIpc) is 3.09. The molecular formula is C20H20N4O. The van der Waals surface area contributed by atoms with Crippen molar-refractivity contribution in [1.29, 1.82) is 0 Å². The highest BCUT2D eigenvalue weighted by molar-refractivity contribution is 6.10. The van der Waals surface area contributed by atoms with Crippen LogP contribution in [0, 0.1) is 0 Å². The Bertz CT molecular complexity index is 965. The average molecular weight is 332 g/mol. The van der Waals surface area contributed by atoms with Crippen molar-refractivity contribution in [3.8, 4) is 0 Å². The predicted octanol–water partition coefficient (Wildman–Crippen LogP) is 3.60. The number of fused-ring (bicyclic) bond motifs is 2. The van der Waals surface area contributed by atoms with E-state index in [0.29, 0.717) is 5.69 Å². The van der Waals surface area contributed by atoms with Crippen molar-refractivity contribution in [3.05, 3.63) is 65.0 Å². The molecule has 2 N–H and O–H groups in total. The van der Waals surface area contributed by atoms with Crippen LogP contribution in [0.5, 0.6) is 0 Å². The first kappa shape index (κ1) is 15.6. The van der Waals surface area contributed by atoms with Crippen LogP contribution in [0.1, 0.15) is 47.1 Å². The lowest BCUT2D eigenvalue weighted by molar-refractivity contribution is 0.0949. The van der Waals surface area contributed by atoms with Crippen molar-refractivity contribution >= 4 is 22.4 Å². The first-order chi connectivity index (χ1) is 12.2. The van der Waals surface area contributed by atoms with E-state index in [1.54, 1.807) is 0 Å². The molecule has 0 radical (unpaired) electrons. The summed E-state index contributed by atoms with van der Waals surface area (Å²) in [5.74, 6) is -0.251. The molecule has 126 valence electrons. The molecule has 4 rings (SSSR count). The third-order valence-corrected chi connectivity index (χ3v) is 4.78. The molecular weight excluding hydrogens is 312 g/mol. The Morgan fingerprint density at radius 2 is 1.92 bits per heavy atom. The summed E-state index contributed by atoms with van der Waals surface area (Å²) in [6.45, 7) is 1.90. The number of nitrogens with one attached hydrogen (secondary N) is 2. The zero-order chi connectivity index (χ0) is 17.2. The number of carbonyl (C=O) groups excluding carboxylic acids is 1. The van der Waals surface area contributed by atoms with Gasteiger partial charge in [-0.15, -0.1) is 0 Å². The minimum Gasteiger partial charge on any atom is -0.281 e. The number of aromatic nitrogens is 2. The lowest BCUT2D eigenvalue weighted by atomic mass is 9.96. The van der Waals surface area contributed by atoms with Gasteiger partial charge in [0.2, 0.25) is 0 Å². The standard InChI is InChI=1S/C20H20N4O/c1-13(15-11-6-8-14-7-2-3-9-16(14)15)21-24-20(25)19-17-10-4-5-12-18(17)22-23-19/h2-3,6-9,11H,4-5,10,12H2,1H3,(H,22,23)(H,24,25). The largest absolute Gasteiger partial charge is 0.292 e. The van der Waals surface area contributed by atoms with Crippen LogP contribution in [0.15, 0.2) is 47.6 Å². The number of rotatable bonds is 3. The highest BCUT2D eigenvalue weighted by Crippen LogP contribution is 2.22. The van der Waals surface area contributed by atoms with Crippen LogP contribution in [-0.4, -0.2) is 21.8 Å². The van der Waals surface area contributed by atoms with Crippen molar-refractivity contribution in [2.75, 3.05) is 0 Å². The second-order valence-electron chi connectivity index (χ2n) is 6.40. The Morgan fingerprint density at radius 3 is 2.84 bits per heavy atom. The zero-order valence-electron chi connectivity index (χ0n) is 14.2. The van der Waals surface area contributed by atoms with E-state index in [9.17, 15) is 4.79 Å². The molecule has 0 spiro atoms. The highest BCUT2D eigenvalue weighted by atomic mass is 16.2. The minimum atomic E-state index is -0.251. The first-order valence-corrected chi connectivity index (χ1v) is 8.63. The van der Waals surface area contributed by atoms with Gasteiger partial charge in [0, 0.05) is 16.8 Å². The summed E-state index contributed by atoms with van der Waals surface area (Å²) < 4.78 is 0. The Labute approximate surface area is 146 Å². The summed E-state index contributed by atoms with van der Waals surface area (Å²) in [5.41, 5.74) is 7.06. The van der Waals surface area contributed by atoms with E-state index in [1.807, 2.05) is 31.2 Å². The molecule has 5 heteroatoms. The molecule has 0 unspecified atom stereocenters. The third kappa shape index (κ3) is 2.93. The van der Waals surface area contributed by atoms with E-state index in [1.165, 1.54) is 0 Å². The third-order valence-electron chi connectivity index (χ3n) is 4.78. The molecule has 0 bridgehead atoms. The van der Waals surface area contributed by atoms with Gasteiger partial charge >= 0.3 is 0 Å². The first-order valence-electron chi connectivity index (χ1n) is 8.63. The van der Waals surface area contributed by atoms with Crippen LogP contribution in [0.2, 0.25) is 0 Å². The monoisotopic (exact) mass is 332 g/mol. The van der Waals surface area contributed by atoms with Crippen molar-refractivity contribution in [1.82, 2.24) is 15.6 Å². The molecule has 2 aromatic carbocycles. The molecule has 1 aliphatic rings. The van der Waals surface area contributed by atoms with Gasteiger partial charge in [-0.2, -0.15) is 10.2 Å². The minimum absolute atomic E-state index is 0.251. The van der Waals surface area contributed by atoms with Gasteiger partial charge in [-0.05, 0) is 43.4 Å².